The monoisotopic (exact) mass is 295 g/mol. The van der Waals surface area contributed by atoms with Crippen LogP contribution < -0.4 is 5.32 Å². The SMILES string of the molecule is CC(NCC1CCC(C(=O)O)CC1)c1ccc(O)cc1F. The third kappa shape index (κ3) is 4.17. The normalized spacial score (nSPS) is 23.7. The fourth-order valence-electron chi connectivity index (χ4n) is 2.93. The van der Waals surface area contributed by atoms with E-state index in [1.807, 2.05) is 6.92 Å². The van der Waals surface area contributed by atoms with Crippen molar-refractivity contribution < 1.29 is 19.4 Å². The number of nitrogens with one attached hydrogen (secondary N) is 1. The molecule has 0 radical (unpaired) electrons. The molecule has 4 nitrogen and oxygen atoms in total. The molecule has 1 aromatic rings. The highest BCUT2D eigenvalue weighted by molar-refractivity contribution is 5.69. The van der Waals surface area contributed by atoms with Crippen molar-refractivity contribution in [3.63, 3.8) is 0 Å². The van der Waals surface area contributed by atoms with Gasteiger partial charge in [0.1, 0.15) is 11.6 Å². The zero-order valence-corrected chi connectivity index (χ0v) is 12.2. The highest BCUT2D eigenvalue weighted by Gasteiger charge is 2.26. The number of carboxylic acid groups (broad SMARTS) is 1. The van der Waals surface area contributed by atoms with Crippen LogP contribution in [0, 0.1) is 17.7 Å². The lowest BCUT2D eigenvalue weighted by molar-refractivity contribution is -0.143. The average molecular weight is 295 g/mol. The Labute approximate surface area is 124 Å². The summed E-state index contributed by atoms with van der Waals surface area (Å²) in [7, 11) is 0. The van der Waals surface area contributed by atoms with Crippen LogP contribution in [0.25, 0.3) is 0 Å². The molecule has 1 atom stereocenters. The highest BCUT2D eigenvalue weighted by atomic mass is 19.1. The molecule has 2 rings (SSSR count). The molecular weight excluding hydrogens is 273 g/mol. The molecule has 21 heavy (non-hydrogen) atoms. The Bertz CT molecular complexity index is 498. The number of halogens is 1. The molecule has 0 heterocycles. The summed E-state index contributed by atoms with van der Waals surface area (Å²) in [5, 5.41) is 21.5. The van der Waals surface area contributed by atoms with Crippen LogP contribution in [0.2, 0.25) is 0 Å². The summed E-state index contributed by atoms with van der Waals surface area (Å²) in [6.45, 7) is 2.65. The molecular formula is C16H22FNO3. The molecule has 5 heteroatoms. The maximum atomic E-state index is 13.7. The molecule has 1 unspecified atom stereocenters. The standard InChI is InChI=1S/C16H22FNO3/c1-10(14-7-6-13(19)8-15(14)17)18-9-11-2-4-12(5-3-11)16(20)21/h6-8,10-12,18-19H,2-5,9H2,1H3,(H,20,21). The number of aliphatic carboxylic acids is 1. The van der Waals surface area contributed by atoms with Crippen LogP contribution in [0.15, 0.2) is 18.2 Å². The second-order valence-corrected chi connectivity index (χ2v) is 5.89. The quantitative estimate of drug-likeness (QED) is 0.781. The van der Waals surface area contributed by atoms with Gasteiger partial charge in [-0.25, -0.2) is 4.39 Å². The number of rotatable bonds is 5. The van der Waals surface area contributed by atoms with E-state index >= 15 is 0 Å². The van der Waals surface area contributed by atoms with E-state index in [1.165, 1.54) is 6.07 Å². The molecule has 0 bridgehead atoms. The zero-order valence-electron chi connectivity index (χ0n) is 12.2. The first kappa shape index (κ1) is 15.8. The minimum absolute atomic E-state index is 0.0737. The summed E-state index contributed by atoms with van der Waals surface area (Å²) in [6.07, 6.45) is 3.25. The van der Waals surface area contributed by atoms with Crippen molar-refractivity contribution in [1.82, 2.24) is 5.32 Å². The molecule has 0 amide bonds. The van der Waals surface area contributed by atoms with Crippen molar-refractivity contribution in [2.75, 3.05) is 6.54 Å². The smallest absolute Gasteiger partial charge is 0.306 e. The number of phenolic OH excluding ortho intramolecular Hbond substituents is 1. The molecule has 1 aliphatic rings. The molecule has 1 saturated carbocycles. The first-order valence-corrected chi connectivity index (χ1v) is 7.42. The van der Waals surface area contributed by atoms with Gasteiger partial charge in [0.15, 0.2) is 0 Å². The molecule has 1 aromatic carbocycles. The van der Waals surface area contributed by atoms with Crippen LogP contribution in [0.5, 0.6) is 5.75 Å². The number of phenols is 1. The second-order valence-electron chi connectivity index (χ2n) is 5.89. The summed E-state index contributed by atoms with van der Waals surface area (Å²) in [6, 6.07) is 4.05. The topological polar surface area (TPSA) is 69.6 Å². The van der Waals surface area contributed by atoms with E-state index in [4.69, 9.17) is 5.11 Å². The maximum absolute atomic E-state index is 13.7. The number of benzene rings is 1. The van der Waals surface area contributed by atoms with Gasteiger partial charge in [-0.15, -0.1) is 0 Å². The van der Waals surface area contributed by atoms with Gasteiger partial charge in [0.05, 0.1) is 5.92 Å². The van der Waals surface area contributed by atoms with Crippen LogP contribution in [-0.4, -0.2) is 22.7 Å². The molecule has 0 aromatic heterocycles. The molecule has 116 valence electrons. The zero-order chi connectivity index (χ0) is 15.4. The lowest BCUT2D eigenvalue weighted by Crippen LogP contribution is -2.30. The Hall–Kier alpha value is -1.62. The van der Waals surface area contributed by atoms with Crippen molar-refractivity contribution >= 4 is 5.97 Å². The van der Waals surface area contributed by atoms with Crippen molar-refractivity contribution in [3.05, 3.63) is 29.6 Å². The van der Waals surface area contributed by atoms with Gasteiger partial charge in [-0.3, -0.25) is 4.79 Å². The fourth-order valence-corrected chi connectivity index (χ4v) is 2.93. The Kier molecular flexibility index (Phi) is 5.17. The summed E-state index contributed by atoms with van der Waals surface area (Å²) < 4.78 is 13.7. The lowest BCUT2D eigenvalue weighted by atomic mass is 9.82. The van der Waals surface area contributed by atoms with E-state index < -0.39 is 11.8 Å². The van der Waals surface area contributed by atoms with Crippen molar-refractivity contribution in [3.8, 4) is 5.75 Å². The van der Waals surface area contributed by atoms with Crippen molar-refractivity contribution in [2.24, 2.45) is 11.8 Å². The van der Waals surface area contributed by atoms with E-state index in [9.17, 15) is 14.3 Å². The fraction of sp³-hybridized carbons (Fsp3) is 0.562. The van der Waals surface area contributed by atoms with Gasteiger partial charge in [0, 0.05) is 17.7 Å². The molecule has 0 aliphatic heterocycles. The summed E-state index contributed by atoms with van der Waals surface area (Å²) in [4.78, 5) is 10.9. The van der Waals surface area contributed by atoms with Crippen molar-refractivity contribution in [1.29, 1.82) is 0 Å². The van der Waals surface area contributed by atoms with Crippen molar-refractivity contribution in [2.45, 2.75) is 38.6 Å². The van der Waals surface area contributed by atoms with E-state index in [0.717, 1.165) is 38.3 Å². The van der Waals surface area contributed by atoms with Crippen LogP contribution in [0.3, 0.4) is 0 Å². The van der Waals surface area contributed by atoms with Gasteiger partial charge in [0.25, 0.3) is 0 Å². The van der Waals surface area contributed by atoms with E-state index in [1.54, 1.807) is 6.07 Å². The van der Waals surface area contributed by atoms with Gasteiger partial charge >= 0.3 is 5.97 Å². The number of carboxylic acids is 1. The van der Waals surface area contributed by atoms with Crippen LogP contribution in [-0.2, 0) is 4.79 Å². The molecule has 0 spiro atoms. The van der Waals surface area contributed by atoms with Crippen LogP contribution in [0.1, 0.15) is 44.2 Å². The minimum Gasteiger partial charge on any atom is -0.508 e. The molecule has 0 saturated heterocycles. The Morgan fingerprint density at radius 3 is 2.62 bits per heavy atom. The van der Waals surface area contributed by atoms with Gasteiger partial charge in [-0.2, -0.15) is 0 Å². The predicted octanol–water partition coefficient (Wildman–Crippen LogP) is 3.07. The molecule has 1 fully saturated rings. The summed E-state index contributed by atoms with van der Waals surface area (Å²) >= 11 is 0. The first-order chi connectivity index (χ1) is 9.97. The predicted molar refractivity (Wildman–Crippen MR) is 77.6 cm³/mol. The Morgan fingerprint density at radius 1 is 1.38 bits per heavy atom. The molecule has 1 aliphatic carbocycles. The van der Waals surface area contributed by atoms with E-state index in [0.29, 0.717) is 11.5 Å². The minimum atomic E-state index is -0.694. The largest absolute Gasteiger partial charge is 0.508 e. The van der Waals surface area contributed by atoms with Gasteiger partial charge in [-0.1, -0.05) is 6.07 Å². The van der Waals surface area contributed by atoms with Gasteiger partial charge in [-0.05, 0) is 51.1 Å². The third-order valence-electron chi connectivity index (χ3n) is 4.36. The number of hydrogen-bond acceptors (Lipinski definition) is 3. The number of carbonyl (C=O) groups is 1. The summed E-state index contributed by atoms with van der Waals surface area (Å²) in [5.41, 5.74) is 0.534. The number of aromatic hydroxyl groups is 1. The first-order valence-electron chi connectivity index (χ1n) is 7.42. The third-order valence-corrected chi connectivity index (χ3v) is 4.36. The van der Waals surface area contributed by atoms with Gasteiger partial charge in [0.2, 0.25) is 0 Å². The number of hydrogen-bond donors (Lipinski definition) is 3. The highest BCUT2D eigenvalue weighted by Crippen LogP contribution is 2.29. The maximum Gasteiger partial charge on any atom is 0.306 e. The van der Waals surface area contributed by atoms with E-state index in [2.05, 4.69) is 5.32 Å². The van der Waals surface area contributed by atoms with Crippen LogP contribution >= 0.6 is 0 Å². The van der Waals surface area contributed by atoms with Gasteiger partial charge < -0.3 is 15.5 Å². The summed E-state index contributed by atoms with van der Waals surface area (Å²) in [5.74, 6) is -0.933. The van der Waals surface area contributed by atoms with E-state index in [-0.39, 0.29) is 17.7 Å². The lowest BCUT2D eigenvalue weighted by Gasteiger charge is -2.27. The Morgan fingerprint density at radius 2 is 2.05 bits per heavy atom. The second kappa shape index (κ2) is 6.89. The average Bonchev–Trinajstić information content (AvgIpc) is 2.45. The Balaban J connectivity index is 1.82. The van der Waals surface area contributed by atoms with Crippen LogP contribution in [0.4, 0.5) is 4.39 Å². The molecule has 3 N–H and O–H groups in total.